The lowest BCUT2D eigenvalue weighted by Crippen LogP contribution is -2.21. The van der Waals surface area contributed by atoms with E-state index >= 15 is 0 Å². The van der Waals surface area contributed by atoms with Crippen LogP contribution in [0.4, 0.5) is 0 Å². The molecule has 0 amide bonds. The van der Waals surface area contributed by atoms with Gasteiger partial charge in [0.2, 0.25) is 11.8 Å². The fourth-order valence-electron chi connectivity index (χ4n) is 3.42. The molecule has 2 heterocycles. The average Bonchev–Trinajstić information content (AvgIpc) is 3.12. The van der Waals surface area contributed by atoms with Gasteiger partial charge in [-0.3, -0.25) is 5.10 Å². The first-order valence-electron chi connectivity index (χ1n) is 8.88. The number of nitrogens with zero attached hydrogens (tertiary/aromatic N) is 2. The van der Waals surface area contributed by atoms with Crippen LogP contribution in [0, 0.1) is 11.3 Å². The number of rotatable bonds is 4. The quantitative estimate of drug-likeness (QED) is 0.611. The molecular formula is C21H16Cl2N4O2. The molecule has 29 heavy (non-hydrogen) atoms. The lowest BCUT2D eigenvalue weighted by Gasteiger charge is -2.25. The third-order valence-corrected chi connectivity index (χ3v) is 5.34. The van der Waals surface area contributed by atoms with Gasteiger partial charge >= 0.3 is 0 Å². The van der Waals surface area contributed by atoms with Crippen molar-refractivity contribution in [1.29, 1.82) is 5.26 Å². The number of allylic oxidation sites excluding steroid dienone is 1. The van der Waals surface area contributed by atoms with E-state index in [0.717, 1.165) is 11.3 Å². The summed E-state index contributed by atoms with van der Waals surface area (Å²) in [5.41, 5.74) is 8.99. The van der Waals surface area contributed by atoms with Crippen molar-refractivity contribution >= 4 is 23.2 Å². The minimum atomic E-state index is -0.620. The van der Waals surface area contributed by atoms with Crippen LogP contribution in [0.3, 0.4) is 0 Å². The normalized spacial score (nSPS) is 15.4. The maximum absolute atomic E-state index is 9.79. The number of nitriles is 1. The summed E-state index contributed by atoms with van der Waals surface area (Å²) in [5, 5.41) is 17.9. The minimum absolute atomic E-state index is 0.0225. The lowest BCUT2D eigenvalue weighted by atomic mass is 9.83. The van der Waals surface area contributed by atoms with Crippen molar-refractivity contribution in [2.24, 2.45) is 5.73 Å². The number of H-pyrrole nitrogens is 1. The molecule has 4 rings (SSSR count). The van der Waals surface area contributed by atoms with E-state index < -0.39 is 5.92 Å². The topological polar surface area (TPSA) is 97.0 Å². The number of halogens is 2. The highest BCUT2D eigenvalue weighted by atomic mass is 35.5. The van der Waals surface area contributed by atoms with E-state index in [1.54, 1.807) is 18.2 Å². The highest BCUT2D eigenvalue weighted by Crippen LogP contribution is 2.49. The summed E-state index contributed by atoms with van der Waals surface area (Å²) in [6.45, 7) is 2.50. The molecule has 8 heteroatoms. The number of hydrogen-bond donors (Lipinski definition) is 2. The first-order chi connectivity index (χ1) is 14.0. The van der Waals surface area contributed by atoms with E-state index in [9.17, 15) is 5.26 Å². The van der Waals surface area contributed by atoms with E-state index in [2.05, 4.69) is 16.3 Å². The van der Waals surface area contributed by atoms with Crippen LogP contribution in [-0.4, -0.2) is 16.8 Å². The minimum Gasteiger partial charge on any atom is -0.494 e. The molecule has 146 valence electrons. The third-order valence-electron chi connectivity index (χ3n) is 4.68. The van der Waals surface area contributed by atoms with Crippen LogP contribution in [0.25, 0.3) is 11.3 Å². The molecular weight excluding hydrogens is 411 g/mol. The van der Waals surface area contributed by atoms with Crippen molar-refractivity contribution in [1.82, 2.24) is 10.2 Å². The Bertz CT molecular complexity index is 1130. The Morgan fingerprint density at radius 1 is 1.17 bits per heavy atom. The summed E-state index contributed by atoms with van der Waals surface area (Å²) >= 11 is 13.0. The highest BCUT2D eigenvalue weighted by Gasteiger charge is 2.37. The summed E-state index contributed by atoms with van der Waals surface area (Å²) in [5.74, 6) is 0.399. The molecule has 0 radical (unpaired) electrons. The molecule has 0 spiro atoms. The van der Waals surface area contributed by atoms with Crippen LogP contribution in [0.1, 0.15) is 24.0 Å². The molecule has 0 bridgehead atoms. The molecule has 0 saturated heterocycles. The van der Waals surface area contributed by atoms with Gasteiger partial charge in [-0.15, -0.1) is 5.10 Å². The molecule has 0 aliphatic carbocycles. The van der Waals surface area contributed by atoms with Crippen molar-refractivity contribution in [3.05, 3.63) is 75.1 Å². The molecule has 3 N–H and O–H groups in total. The monoisotopic (exact) mass is 426 g/mol. The van der Waals surface area contributed by atoms with Crippen molar-refractivity contribution < 1.29 is 9.47 Å². The van der Waals surface area contributed by atoms with Gasteiger partial charge in [-0.25, -0.2) is 0 Å². The molecule has 1 aromatic heterocycles. The van der Waals surface area contributed by atoms with Crippen molar-refractivity contribution in [3.63, 3.8) is 0 Å². The van der Waals surface area contributed by atoms with E-state index in [-0.39, 0.29) is 17.3 Å². The average molecular weight is 427 g/mol. The van der Waals surface area contributed by atoms with Gasteiger partial charge in [-0.2, -0.15) is 5.26 Å². The van der Waals surface area contributed by atoms with Crippen molar-refractivity contribution in [2.75, 3.05) is 6.61 Å². The van der Waals surface area contributed by atoms with Gasteiger partial charge in [0.15, 0.2) is 0 Å². The molecule has 6 nitrogen and oxygen atoms in total. The first-order valence-corrected chi connectivity index (χ1v) is 9.63. The van der Waals surface area contributed by atoms with E-state index in [1.807, 2.05) is 31.2 Å². The summed E-state index contributed by atoms with van der Waals surface area (Å²) in [6, 6.07) is 14.9. The summed E-state index contributed by atoms with van der Waals surface area (Å²) in [4.78, 5) is 0. The number of aromatic amines is 1. The van der Waals surface area contributed by atoms with Gasteiger partial charge in [-0.1, -0.05) is 29.3 Å². The fraction of sp³-hybridized carbons (Fsp3) is 0.143. The van der Waals surface area contributed by atoms with E-state index in [1.165, 1.54) is 0 Å². The summed E-state index contributed by atoms with van der Waals surface area (Å²) in [6.07, 6.45) is 0. The van der Waals surface area contributed by atoms with Crippen LogP contribution >= 0.6 is 23.2 Å². The number of benzene rings is 2. The third kappa shape index (κ3) is 3.29. The molecule has 1 aliphatic heterocycles. The summed E-state index contributed by atoms with van der Waals surface area (Å²) < 4.78 is 11.1. The zero-order valence-electron chi connectivity index (χ0n) is 15.4. The Balaban J connectivity index is 1.92. The second-order valence-corrected chi connectivity index (χ2v) is 7.15. The Hall–Kier alpha value is -3.14. The predicted molar refractivity (Wildman–Crippen MR) is 111 cm³/mol. The Kier molecular flexibility index (Phi) is 5.10. The molecule has 1 atom stereocenters. The largest absolute Gasteiger partial charge is 0.494 e. The predicted octanol–water partition coefficient (Wildman–Crippen LogP) is 5.00. The number of aromatic nitrogens is 2. The number of ether oxygens (including phenoxy) is 2. The number of nitrogens with one attached hydrogen (secondary N) is 1. The standard InChI is InChI=1S/C21H16Cl2N4O2/c1-2-28-12-8-6-11(7-9-12)19-18-16(17-14(22)4-3-5-15(17)23)13(10-24)20(25)29-21(18)27-26-19/h3-9,16H,2,25H2,1H3,(H,26,27)/t16-/m1/s1. The maximum atomic E-state index is 9.79. The number of fused-ring (bicyclic) bond motifs is 1. The zero-order chi connectivity index (χ0) is 20.5. The van der Waals surface area contributed by atoms with Crippen LogP contribution in [0.15, 0.2) is 53.9 Å². The van der Waals surface area contributed by atoms with Gasteiger partial charge in [0.1, 0.15) is 17.4 Å². The fourth-order valence-corrected chi connectivity index (χ4v) is 4.04. The van der Waals surface area contributed by atoms with E-state index in [0.29, 0.717) is 33.5 Å². The highest BCUT2D eigenvalue weighted by molar-refractivity contribution is 6.36. The second kappa shape index (κ2) is 7.70. The smallest absolute Gasteiger partial charge is 0.244 e. The second-order valence-electron chi connectivity index (χ2n) is 6.33. The molecule has 0 fully saturated rings. The number of nitrogens with two attached hydrogens (primary N) is 1. The van der Waals surface area contributed by atoms with Gasteiger partial charge in [-0.05, 0) is 43.3 Å². The molecule has 1 aliphatic rings. The van der Waals surface area contributed by atoms with Crippen LogP contribution in [0.5, 0.6) is 11.6 Å². The van der Waals surface area contributed by atoms with Gasteiger partial charge in [0, 0.05) is 21.2 Å². The number of hydrogen-bond acceptors (Lipinski definition) is 5. The molecule has 0 saturated carbocycles. The first kappa shape index (κ1) is 19.2. The zero-order valence-corrected chi connectivity index (χ0v) is 16.9. The molecule has 3 aromatic rings. The Morgan fingerprint density at radius 2 is 1.86 bits per heavy atom. The lowest BCUT2D eigenvalue weighted by molar-refractivity contribution is 0.340. The molecule has 0 unspecified atom stereocenters. The maximum Gasteiger partial charge on any atom is 0.244 e. The van der Waals surface area contributed by atoms with Gasteiger partial charge < -0.3 is 15.2 Å². The van der Waals surface area contributed by atoms with Gasteiger partial charge in [0.05, 0.1) is 23.8 Å². The van der Waals surface area contributed by atoms with Crippen LogP contribution < -0.4 is 15.2 Å². The van der Waals surface area contributed by atoms with Crippen molar-refractivity contribution in [3.8, 4) is 29.0 Å². The van der Waals surface area contributed by atoms with Crippen LogP contribution in [-0.2, 0) is 0 Å². The Morgan fingerprint density at radius 3 is 2.48 bits per heavy atom. The SMILES string of the molecule is CCOc1ccc(-c2[nH]nc3c2[C@@H](c2c(Cl)cccc2Cl)C(C#N)=C(N)O3)cc1. The van der Waals surface area contributed by atoms with E-state index in [4.69, 9.17) is 38.4 Å². The van der Waals surface area contributed by atoms with Crippen molar-refractivity contribution in [2.45, 2.75) is 12.8 Å². The summed E-state index contributed by atoms with van der Waals surface area (Å²) in [7, 11) is 0. The Labute approximate surface area is 177 Å². The van der Waals surface area contributed by atoms with Crippen LogP contribution in [0.2, 0.25) is 10.0 Å². The molecule has 2 aromatic carbocycles. The van der Waals surface area contributed by atoms with Gasteiger partial charge in [0.25, 0.3) is 0 Å².